The molecule has 1 amide bonds. The van der Waals surface area contributed by atoms with Gasteiger partial charge in [-0.25, -0.2) is 4.98 Å². The van der Waals surface area contributed by atoms with E-state index in [4.69, 9.17) is 0 Å². The molecular weight excluding hydrogens is 387 g/mol. The van der Waals surface area contributed by atoms with E-state index in [0.29, 0.717) is 28.7 Å². The van der Waals surface area contributed by atoms with Crippen molar-refractivity contribution in [1.29, 1.82) is 0 Å². The van der Waals surface area contributed by atoms with Gasteiger partial charge >= 0.3 is 6.18 Å². The van der Waals surface area contributed by atoms with Gasteiger partial charge in [0.25, 0.3) is 5.91 Å². The summed E-state index contributed by atoms with van der Waals surface area (Å²) >= 11 is 1.38. The van der Waals surface area contributed by atoms with Crippen LogP contribution in [-0.2, 0) is 6.18 Å². The van der Waals surface area contributed by atoms with E-state index >= 15 is 0 Å². The molecule has 1 fully saturated rings. The first-order valence-corrected chi connectivity index (χ1v) is 10.2. The normalized spacial score (nSPS) is 15.8. The first kappa shape index (κ1) is 19.0. The number of nitrogens with zero attached hydrogens (tertiary/aromatic N) is 2. The molecule has 4 rings (SSSR count). The summed E-state index contributed by atoms with van der Waals surface area (Å²) in [6, 6.07) is 4.85. The molecule has 1 aliphatic carbocycles. The van der Waals surface area contributed by atoms with E-state index in [1.165, 1.54) is 42.7 Å². The average Bonchev–Trinajstić information content (AvgIpc) is 3.27. The number of aromatic nitrogens is 2. The Morgan fingerprint density at radius 3 is 2.57 bits per heavy atom. The molecule has 0 atom stereocenters. The predicted molar refractivity (Wildman–Crippen MR) is 102 cm³/mol. The quantitative estimate of drug-likeness (QED) is 0.630. The van der Waals surface area contributed by atoms with Gasteiger partial charge < -0.3 is 5.32 Å². The number of fused-ring (bicyclic) bond motifs is 1. The van der Waals surface area contributed by atoms with Crippen LogP contribution in [0.4, 0.5) is 13.2 Å². The fraction of sp³-hybridized carbons (Fsp3) is 0.400. The summed E-state index contributed by atoms with van der Waals surface area (Å²) in [6.45, 7) is 0.608. The van der Waals surface area contributed by atoms with Gasteiger partial charge in [-0.2, -0.15) is 13.2 Å². The van der Waals surface area contributed by atoms with Crippen LogP contribution in [0.25, 0.3) is 16.2 Å². The SMILES string of the molecule is O=C(NCC1CCCCC1)c1nc2sccn2c1-c1ccc(C(F)(F)F)cc1. The lowest BCUT2D eigenvalue weighted by Crippen LogP contribution is -2.30. The summed E-state index contributed by atoms with van der Waals surface area (Å²) in [7, 11) is 0. The average molecular weight is 407 g/mol. The van der Waals surface area contributed by atoms with Crippen LogP contribution >= 0.6 is 11.3 Å². The van der Waals surface area contributed by atoms with Crippen LogP contribution in [-0.4, -0.2) is 21.8 Å². The summed E-state index contributed by atoms with van der Waals surface area (Å²) in [5, 5.41) is 4.81. The minimum absolute atomic E-state index is 0.252. The highest BCUT2D eigenvalue weighted by Gasteiger charge is 2.30. The van der Waals surface area contributed by atoms with Gasteiger partial charge in [-0.15, -0.1) is 11.3 Å². The number of thiazole rings is 1. The van der Waals surface area contributed by atoms with Gasteiger partial charge in [0.2, 0.25) is 0 Å². The Labute approximate surface area is 164 Å². The zero-order chi connectivity index (χ0) is 19.7. The van der Waals surface area contributed by atoms with Crippen molar-refractivity contribution in [3.05, 3.63) is 47.1 Å². The molecule has 2 aromatic heterocycles. The van der Waals surface area contributed by atoms with E-state index in [0.717, 1.165) is 25.0 Å². The molecule has 1 saturated carbocycles. The Bertz CT molecular complexity index is 969. The van der Waals surface area contributed by atoms with Crippen LogP contribution in [0.5, 0.6) is 0 Å². The number of nitrogens with one attached hydrogen (secondary N) is 1. The number of halogens is 3. The number of rotatable bonds is 4. The van der Waals surface area contributed by atoms with Crippen LogP contribution in [0.15, 0.2) is 35.8 Å². The first-order valence-electron chi connectivity index (χ1n) is 9.35. The standard InChI is InChI=1S/C20H20F3N3OS/c21-20(22,23)15-8-6-14(7-9-15)17-16(25-19-26(17)10-11-28-19)18(27)24-12-13-4-2-1-3-5-13/h6-11,13H,1-5,12H2,(H,24,27). The monoisotopic (exact) mass is 407 g/mol. The third kappa shape index (κ3) is 3.78. The fourth-order valence-corrected chi connectivity index (χ4v) is 4.46. The Morgan fingerprint density at radius 2 is 1.89 bits per heavy atom. The molecule has 0 saturated heterocycles. The number of amides is 1. The maximum absolute atomic E-state index is 12.9. The number of alkyl halides is 3. The van der Waals surface area contributed by atoms with Gasteiger partial charge in [-0.3, -0.25) is 9.20 Å². The van der Waals surface area contributed by atoms with Crippen LogP contribution in [0.3, 0.4) is 0 Å². The van der Waals surface area contributed by atoms with Crippen molar-refractivity contribution in [2.24, 2.45) is 5.92 Å². The van der Waals surface area contributed by atoms with Crippen molar-refractivity contribution in [3.8, 4) is 11.3 Å². The molecule has 0 radical (unpaired) electrons. The van der Waals surface area contributed by atoms with Crippen molar-refractivity contribution in [2.75, 3.05) is 6.54 Å². The first-order chi connectivity index (χ1) is 13.4. The van der Waals surface area contributed by atoms with Crippen molar-refractivity contribution in [2.45, 2.75) is 38.3 Å². The van der Waals surface area contributed by atoms with Gasteiger partial charge in [0.15, 0.2) is 10.7 Å². The third-order valence-electron chi connectivity index (χ3n) is 5.24. The van der Waals surface area contributed by atoms with Crippen molar-refractivity contribution < 1.29 is 18.0 Å². The molecule has 28 heavy (non-hydrogen) atoms. The fourth-order valence-electron chi connectivity index (χ4n) is 3.75. The zero-order valence-electron chi connectivity index (χ0n) is 15.1. The van der Waals surface area contributed by atoms with Crippen molar-refractivity contribution in [3.63, 3.8) is 0 Å². The molecule has 0 unspecified atom stereocenters. The second-order valence-corrected chi connectivity index (χ2v) is 8.03. The molecule has 0 bridgehead atoms. The summed E-state index contributed by atoms with van der Waals surface area (Å²) < 4.78 is 40.4. The van der Waals surface area contributed by atoms with Gasteiger partial charge in [-0.1, -0.05) is 31.4 Å². The molecular formula is C20H20F3N3OS. The van der Waals surface area contributed by atoms with Crippen LogP contribution < -0.4 is 5.32 Å². The molecule has 1 N–H and O–H groups in total. The van der Waals surface area contributed by atoms with E-state index in [9.17, 15) is 18.0 Å². The second-order valence-electron chi connectivity index (χ2n) is 7.15. The lowest BCUT2D eigenvalue weighted by atomic mass is 9.89. The number of benzene rings is 1. The lowest BCUT2D eigenvalue weighted by molar-refractivity contribution is -0.137. The smallest absolute Gasteiger partial charge is 0.350 e. The molecule has 2 heterocycles. The minimum Gasteiger partial charge on any atom is -0.350 e. The summed E-state index contributed by atoms with van der Waals surface area (Å²) in [4.78, 5) is 17.9. The highest BCUT2D eigenvalue weighted by Crippen LogP contribution is 2.33. The number of imidazole rings is 1. The van der Waals surface area contributed by atoms with Crippen LogP contribution in [0.2, 0.25) is 0 Å². The topological polar surface area (TPSA) is 46.4 Å². The van der Waals surface area contributed by atoms with Gasteiger partial charge in [0, 0.05) is 23.7 Å². The van der Waals surface area contributed by atoms with E-state index in [1.807, 2.05) is 5.38 Å². The highest BCUT2D eigenvalue weighted by atomic mass is 32.1. The van der Waals surface area contributed by atoms with E-state index in [1.54, 1.807) is 10.6 Å². The maximum Gasteiger partial charge on any atom is 0.416 e. The minimum atomic E-state index is -4.39. The van der Waals surface area contributed by atoms with E-state index < -0.39 is 11.7 Å². The Morgan fingerprint density at radius 1 is 1.18 bits per heavy atom. The summed E-state index contributed by atoms with van der Waals surface area (Å²) in [5.74, 6) is 0.201. The van der Waals surface area contributed by atoms with E-state index in [-0.39, 0.29) is 11.6 Å². The molecule has 148 valence electrons. The number of hydrogen-bond acceptors (Lipinski definition) is 3. The third-order valence-corrected chi connectivity index (χ3v) is 6.00. The molecule has 1 aromatic carbocycles. The Kier molecular flexibility index (Phi) is 5.14. The Balaban J connectivity index is 1.62. The summed E-state index contributed by atoms with van der Waals surface area (Å²) in [5.41, 5.74) is 0.584. The highest BCUT2D eigenvalue weighted by molar-refractivity contribution is 7.15. The van der Waals surface area contributed by atoms with Crippen LogP contribution in [0, 0.1) is 5.92 Å². The Hall–Kier alpha value is -2.35. The molecule has 3 aromatic rings. The second kappa shape index (κ2) is 7.58. The van der Waals surface area contributed by atoms with Gasteiger partial charge in [0.05, 0.1) is 11.3 Å². The predicted octanol–water partition coefficient (Wildman–Crippen LogP) is 5.39. The molecule has 4 nitrogen and oxygen atoms in total. The molecule has 8 heteroatoms. The maximum atomic E-state index is 12.9. The zero-order valence-corrected chi connectivity index (χ0v) is 15.9. The molecule has 0 spiro atoms. The largest absolute Gasteiger partial charge is 0.416 e. The van der Waals surface area contributed by atoms with Crippen molar-refractivity contribution >= 4 is 22.2 Å². The summed E-state index contributed by atoms with van der Waals surface area (Å²) in [6.07, 6.45) is 3.25. The van der Waals surface area contributed by atoms with Crippen LogP contribution in [0.1, 0.15) is 48.2 Å². The molecule has 1 aliphatic rings. The lowest BCUT2D eigenvalue weighted by Gasteiger charge is -2.21. The number of hydrogen-bond donors (Lipinski definition) is 1. The number of carbonyl (C=O) groups is 1. The van der Waals surface area contributed by atoms with Crippen molar-refractivity contribution in [1.82, 2.24) is 14.7 Å². The van der Waals surface area contributed by atoms with Gasteiger partial charge in [0.1, 0.15) is 0 Å². The molecule has 0 aliphatic heterocycles. The number of carbonyl (C=O) groups excluding carboxylic acids is 1. The van der Waals surface area contributed by atoms with Gasteiger partial charge in [-0.05, 0) is 30.9 Å². The van der Waals surface area contributed by atoms with E-state index in [2.05, 4.69) is 10.3 Å².